The van der Waals surface area contributed by atoms with Crippen LogP contribution in [0.4, 0.5) is 0 Å². The molecule has 0 spiro atoms. The van der Waals surface area contributed by atoms with Gasteiger partial charge in [-0.1, -0.05) is 50.3 Å². The number of aldehydes is 1. The Labute approximate surface area is 242 Å². The van der Waals surface area contributed by atoms with Crippen molar-refractivity contribution in [1.29, 1.82) is 0 Å². The molecule has 0 aliphatic heterocycles. The molecule has 1 aliphatic carbocycles. The van der Waals surface area contributed by atoms with Gasteiger partial charge in [-0.05, 0) is 54.8 Å². The predicted octanol–water partition coefficient (Wildman–Crippen LogP) is 3.58. The SMILES string of the molecule is CNCc1cccc(-n2cncn2)c1.COc1ccc(CC(=O)N=C(N)N)cc1OC.O=CCCC1CCCCC1. The highest BCUT2D eigenvalue weighted by atomic mass is 16.5. The maximum Gasteiger partial charge on any atom is 0.253 e. The smallest absolute Gasteiger partial charge is 0.253 e. The van der Waals surface area contributed by atoms with Gasteiger partial charge in [0.15, 0.2) is 17.5 Å². The van der Waals surface area contributed by atoms with Gasteiger partial charge in [0.25, 0.3) is 5.91 Å². The van der Waals surface area contributed by atoms with Crippen LogP contribution in [0, 0.1) is 5.92 Å². The number of methoxy groups -OCH3 is 2. The molecule has 0 atom stereocenters. The molecule has 11 nitrogen and oxygen atoms in total. The standard InChI is InChI=1S/C11H15N3O3.C10H12N4.C9H16O/c1-16-8-4-3-7(5-9(8)17-2)6-10(15)14-11(12)13;1-11-6-9-3-2-4-10(5-9)14-8-12-7-13-14;10-8-4-7-9-5-2-1-3-6-9/h3-5H,6H2,1-2H3,(H4,12,13,14,15);2-5,7-8,11H,6H2,1H3;8-9H,1-7H2. The summed E-state index contributed by atoms with van der Waals surface area (Å²) in [5.74, 6) is 1.39. The van der Waals surface area contributed by atoms with Gasteiger partial charge in [0.05, 0.1) is 26.3 Å². The van der Waals surface area contributed by atoms with Crippen LogP contribution in [0.2, 0.25) is 0 Å². The van der Waals surface area contributed by atoms with E-state index in [1.54, 1.807) is 36.3 Å². The average molecular weight is 566 g/mol. The fourth-order valence-electron chi connectivity index (χ4n) is 4.48. The number of carbonyl (C=O) groups excluding carboxylic acids is 2. The second kappa shape index (κ2) is 18.9. The molecule has 1 amide bonds. The third kappa shape index (κ3) is 12.6. The number of nitrogens with zero attached hydrogens (tertiary/aromatic N) is 4. The lowest BCUT2D eigenvalue weighted by atomic mass is 9.86. The minimum absolute atomic E-state index is 0.109. The summed E-state index contributed by atoms with van der Waals surface area (Å²) in [7, 11) is 5.00. The lowest BCUT2D eigenvalue weighted by Crippen LogP contribution is -2.24. The molecular formula is C30H43N7O4. The Morgan fingerprint density at radius 1 is 1.07 bits per heavy atom. The third-order valence-electron chi connectivity index (χ3n) is 6.45. The van der Waals surface area contributed by atoms with Crippen LogP contribution in [0.15, 0.2) is 60.1 Å². The van der Waals surface area contributed by atoms with E-state index in [1.807, 2.05) is 19.2 Å². The van der Waals surface area contributed by atoms with Gasteiger partial charge in [0, 0.05) is 13.0 Å². The summed E-state index contributed by atoms with van der Waals surface area (Å²) in [6.45, 7) is 0.864. The summed E-state index contributed by atoms with van der Waals surface area (Å²) in [6.07, 6.45) is 13.2. The Balaban J connectivity index is 0.000000222. The van der Waals surface area contributed by atoms with Crippen LogP contribution >= 0.6 is 0 Å². The Morgan fingerprint density at radius 2 is 1.83 bits per heavy atom. The van der Waals surface area contributed by atoms with Crippen molar-refractivity contribution in [2.24, 2.45) is 22.4 Å². The second-order valence-electron chi connectivity index (χ2n) is 9.58. The fraction of sp³-hybridized carbons (Fsp3) is 0.433. The van der Waals surface area contributed by atoms with Crippen molar-refractivity contribution in [2.45, 2.75) is 57.9 Å². The van der Waals surface area contributed by atoms with Gasteiger partial charge in [-0.3, -0.25) is 4.79 Å². The number of hydrogen-bond acceptors (Lipinski definition) is 7. The zero-order valence-corrected chi connectivity index (χ0v) is 24.3. The number of carbonyl (C=O) groups is 2. The van der Waals surface area contributed by atoms with Crippen molar-refractivity contribution in [3.63, 3.8) is 0 Å². The van der Waals surface area contributed by atoms with E-state index in [2.05, 4.69) is 32.5 Å². The highest BCUT2D eigenvalue weighted by Gasteiger charge is 2.12. The molecule has 0 bridgehead atoms. The van der Waals surface area contributed by atoms with E-state index >= 15 is 0 Å². The number of benzene rings is 2. The molecule has 41 heavy (non-hydrogen) atoms. The average Bonchev–Trinajstić information content (AvgIpc) is 3.53. The first-order chi connectivity index (χ1) is 19.9. The largest absolute Gasteiger partial charge is 0.493 e. The van der Waals surface area contributed by atoms with Crippen LogP contribution in [0.1, 0.15) is 56.1 Å². The van der Waals surface area contributed by atoms with Crippen LogP contribution in [0.25, 0.3) is 5.69 Å². The van der Waals surface area contributed by atoms with Crippen molar-refractivity contribution in [3.8, 4) is 17.2 Å². The van der Waals surface area contributed by atoms with Crippen LogP contribution < -0.4 is 26.3 Å². The van der Waals surface area contributed by atoms with Crippen molar-refractivity contribution < 1.29 is 19.1 Å². The zero-order chi connectivity index (χ0) is 29.9. The van der Waals surface area contributed by atoms with Gasteiger partial charge in [-0.25, -0.2) is 9.67 Å². The quantitative estimate of drug-likeness (QED) is 0.190. The van der Waals surface area contributed by atoms with E-state index in [4.69, 9.17) is 20.9 Å². The Bertz CT molecular complexity index is 1210. The molecule has 222 valence electrons. The molecular weight excluding hydrogens is 522 g/mol. The number of nitrogens with two attached hydrogens (primary N) is 2. The van der Waals surface area contributed by atoms with Crippen LogP contribution in [-0.4, -0.2) is 54.2 Å². The summed E-state index contributed by atoms with van der Waals surface area (Å²) in [4.78, 5) is 28.7. The van der Waals surface area contributed by atoms with Crippen molar-refractivity contribution >= 4 is 18.2 Å². The molecule has 3 aromatic rings. The molecule has 4 rings (SSSR count). The highest BCUT2D eigenvalue weighted by Crippen LogP contribution is 2.28. The molecule has 1 heterocycles. The van der Waals surface area contributed by atoms with E-state index in [0.29, 0.717) is 11.5 Å². The van der Waals surface area contributed by atoms with Gasteiger partial charge >= 0.3 is 0 Å². The first kappa shape index (κ1) is 33.0. The van der Waals surface area contributed by atoms with E-state index in [1.165, 1.54) is 51.1 Å². The molecule has 1 fully saturated rings. The monoisotopic (exact) mass is 565 g/mol. The number of guanidine groups is 1. The normalized spacial score (nSPS) is 12.6. The van der Waals surface area contributed by atoms with Gasteiger partial charge in [0.1, 0.15) is 18.9 Å². The van der Waals surface area contributed by atoms with Gasteiger partial charge in [0.2, 0.25) is 0 Å². The molecule has 0 radical (unpaired) electrons. The third-order valence-corrected chi connectivity index (χ3v) is 6.45. The van der Waals surface area contributed by atoms with Gasteiger partial charge < -0.3 is 31.1 Å². The van der Waals surface area contributed by atoms with Crippen LogP contribution in [0.5, 0.6) is 11.5 Å². The number of ether oxygens (including phenoxy) is 2. The van der Waals surface area contributed by atoms with Gasteiger partial charge in [-0.15, -0.1) is 0 Å². The number of rotatable bonds is 10. The summed E-state index contributed by atoms with van der Waals surface area (Å²) >= 11 is 0. The Morgan fingerprint density at radius 3 is 2.44 bits per heavy atom. The fourth-order valence-corrected chi connectivity index (χ4v) is 4.48. The Kier molecular flexibility index (Phi) is 15.2. The molecule has 1 aromatic heterocycles. The van der Waals surface area contributed by atoms with Crippen molar-refractivity contribution in [3.05, 3.63) is 66.2 Å². The molecule has 2 aromatic carbocycles. The van der Waals surface area contributed by atoms with Crippen molar-refractivity contribution in [1.82, 2.24) is 20.1 Å². The molecule has 0 saturated heterocycles. The summed E-state index contributed by atoms with van der Waals surface area (Å²) < 4.78 is 12.0. The van der Waals surface area contributed by atoms with Gasteiger partial charge in [-0.2, -0.15) is 10.1 Å². The topological polar surface area (TPSA) is 160 Å². The summed E-state index contributed by atoms with van der Waals surface area (Å²) in [5.41, 5.74) is 13.2. The lowest BCUT2D eigenvalue weighted by Gasteiger charge is -2.19. The molecule has 1 aliphatic rings. The second-order valence-corrected chi connectivity index (χ2v) is 9.58. The molecule has 11 heteroatoms. The maximum absolute atomic E-state index is 11.4. The number of amides is 1. The number of hydrogen-bond donors (Lipinski definition) is 3. The summed E-state index contributed by atoms with van der Waals surface area (Å²) in [5, 5.41) is 7.18. The molecule has 1 saturated carbocycles. The minimum Gasteiger partial charge on any atom is -0.493 e. The van der Waals surface area contributed by atoms with E-state index < -0.39 is 5.91 Å². The molecule has 0 unspecified atom stereocenters. The first-order valence-corrected chi connectivity index (χ1v) is 13.8. The zero-order valence-electron chi connectivity index (χ0n) is 24.3. The lowest BCUT2D eigenvalue weighted by molar-refractivity contribution is -0.117. The Hall–Kier alpha value is -4.25. The summed E-state index contributed by atoms with van der Waals surface area (Å²) in [6, 6.07) is 13.4. The highest BCUT2D eigenvalue weighted by molar-refractivity contribution is 5.92. The van der Waals surface area contributed by atoms with Crippen molar-refractivity contribution in [2.75, 3.05) is 21.3 Å². The minimum atomic E-state index is -0.405. The molecule has 5 N–H and O–H groups in total. The number of nitrogens with one attached hydrogen (secondary N) is 1. The van der Waals surface area contributed by atoms with E-state index in [-0.39, 0.29) is 12.4 Å². The first-order valence-electron chi connectivity index (χ1n) is 13.8. The predicted molar refractivity (Wildman–Crippen MR) is 160 cm³/mol. The number of aliphatic imine (C=N–C) groups is 1. The van der Waals surface area contributed by atoms with E-state index in [9.17, 15) is 9.59 Å². The van der Waals surface area contributed by atoms with Crippen LogP contribution in [0.3, 0.4) is 0 Å². The number of aromatic nitrogens is 3. The van der Waals surface area contributed by atoms with Crippen LogP contribution in [-0.2, 0) is 22.6 Å². The van der Waals surface area contributed by atoms with E-state index in [0.717, 1.165) is 42.8 Å². The maximum atomic E-state index is 11.4.